The molecule has 2 rings (SSSR count). The molecular formula is C16H27N3. The van der Waals surface area contributed by atoms with E-state index >= 15 is 0 Å². The van der Waals surface area contributed by atoms with Crippen molar-refractivity contribution < 1.29 is 0 Å². The van der Waals surface area contributed by atoms with Crippen LogP contribution in [0.3, 0.4) is 0 Å². The molecule has 1 N–H and O–H groups in total. The lowest BCUT2D eigenvalue weighted by Crippen LogP contribution is -2.16. The van der Waals surface area contributed by atoms with Gasteiger partial charge in [-0.2, -0.15) is 5.10 Å². The molecule has 0 aromatic carbocycles. The second kappa shape index (κ2) is 6.90. The van der Waals surface area contributed by atoms with E-state index in [9.17, 15) is 0 Å². The molecule has 0 radical (unpaired) electrons. The van der Waals surface area contributed by atoms with Crippen LogP contribution in [0.1, 0.15) is 58.2 Å². The van der Waals surface area contributed by atoms with Gasteiger partial charge in [0.25, 0.3) is 0 Å². The fraction of sp³-hybridized carbons (Fsp3) is 0.688. The first kappa shape index (κ1) is 14.3. The summed E-state index contributed by atoms with van der Waals surface area (Å²) in [7, 11) is 0. The molecule has 0 saturated heterocycles. The van der Waals surface area contributed by atoms with Gasteiger partial charge in [0.2, 0.25) is 0 Å². The predicted octanol–water partition coefficient (Wildman–Crippen LogP) is 3.49. The molecule has 1 aromatic heterocycles. The van der Waals surface area contributed by atoms with Crippen LogP contribution < -0.4 is 5.32 Å². The van der Waals surface area contributed by atoms with Gasteiger partial charge in [0.15, 0.2) is 0 Å². The third kappa shape index (κ3) is 4.83. The van der Waals surface area contributed by atoms with E-state index in [2.05, 4.69) is 54.2 Å². The molecule has 0 aliphatic heterocycles. The van der Waals surface area contributed by atoms with Crippen LogP contribution in [0.25, 0.3) is 0 Å². The number of rotatable bonds is 8. The molecular weight excluding hydrogens is 234 g/mol. The van der Waals surface area contributed by atoms with E-state index in [0.29, 0.717) is 6.04 Å². The molecule has 1 unspecified atom stereocenters. The third-order valence-electron chi connectivity index (χ3n) is 3.81. The highest BCUT2D eigenvalue weighted by atomic mass is 15.3. The van der Waals surface area contributed by atoms with Crippen LogP contribution in [-0.4, -0.2) is 22.4 Å². The van der Waals surface area contributed by atoms with Gasteiger partial charge in [0.05, 0.1) is 5.69 Å². The zero-order valence-electron chi connectivity index (χ0n) is 12.5. The summed E-state index contributed by atoms with van der Waals surface area (Å²) >= 11 is 0. The van der Waals surface area contributed by atoms with Gasteiger partial charge in [0.1, 0.15) is 0 Å². The summed E-state index contributed by atoms with van der Waals surface area (Å²) in [4.78, 5) is 0. The lowest BCUT2D eigenvalue weighted by Gasteiger charge is -2.08. The molecule has 1 fully saturated rings. The Morgan fingerprint density at radius 2 is 2.37 bits per heavy atom. The monoisotopic (exact) mass is 261 g/mol. The maximum Gasteiger partial charge on any atom is 0.0664 e. The summed E-state index contributed by atoms with van der Waals surface area (Å²) in [5.74, 6) is 0. The van der Waals surface area contributed by atoms with E-state index in [1.54, 1.807) is 0 Å². The van der Waals surface area contributed by atoms with E-state index < -0.39 is 0 Å². The number of hydrogen-bond donors (Lipinski definition) is 1. The molecule has 0 amide bonds. The van der Waals surface area contributed by atoms with Crippen LogP contribution in [0.2, 0.25) is 0 Å². The van der Waals surface area contributed by atoms with Crippen molar-refractivity contribution >= 4 is 0 Å². The first-order valence-corrected chi connectivity index (χ1v) is 7.62. The highest BCUT2D eigenvalue weighted by Crippen LogP contribution is 2.18. The van der Waals surface area contributed by atoms with Crippen LogP contribution in [-0.2, 0) is 6.42 Å². The summed E-state index contributed by atoms with van der Waals surface area (Å²) in [5.41, 5.74) is 2.61. The largest absolute Gasteiger partial charge is 0.314 e. The van der Waals surface area contributed by atoms with Gasteiger partial charge >= 0.3 is 0 Å². The second-order valence-electron chi connectivity index (χ2n) is 5.79. The zero-order chi connectivity index (χ0) is 13.7. The van der Waals surface area contributed by atoms with Crippen molar-refractivity contribution in [2.24, 2.45) is 0 Å². The summed E-state index contributed by atoms with van der Waals surface area (Å²) in [6, 6.07) is 3.46. The highest BCUT2D eigenvalue weighted by Gasteiger charge is 2.19. The number of nitrogens with one attached hydrogen (secondary N) is 1. The first-order chi connectivity index (χ1) is 9.19. The summed E-state index contributed by atoms with van der Waals surface area (Å²) in [6.45, 7) is 7.73. The zero-order valence-corrected chi connectivity index (χ0v) is 12.5. The fourth-order valence-electron chi connectivity index (χ4n) is 2.16. The van der Waals surface area contributed by atoms with Crippen molar-refractivity contribution in [3.63, 3.8) is 0 Å². The molecule has 19 heavy (non-hydrogen) atoms. The average Bonchev–Trinajstić information content (AvgIpc) is 3.12. The highest BCUT2D eigenvalue weighted by molar-refractivity contribution is 5.12. The van der Waals surface area contributed by atoms with E-state index in [-0.39, 0.29) is 0 Å². The molecule has 1 aromatic rings. The topological polar surface area (TPSA) is 29.9 Å². The van der Waals surface area contributed by atoms with Gasteiger partial charge in [-0.3, -0.25) is 4.68 Å². The molecule has 3 heteroatoms. The number of nitrogens with zero attached hydrogens (tertiary/aromatic N) is 2. The Morgan fingerprint density at radius 1 is 1.58 bits per heavy atom. The Morgan fingerprint density at radius 3 is 3.05 bits per heavy atom. The molecule has 1 atom stereocenters. The maximum atomic E-state index is 4.65. The Balaban J connectivity index is 1.75. The van der Waals surface area contributed by atoms with Gasteiger partial charge in [0, 0.05) is 24.7 Å². The fourth-order valence-corrected chi connectivity index (χ4v) is 2.16. The molecule has 0 spiro atoms. The van der Waals surface area contributed by atoms with Crippen molar-refractivity contribution in [3.05, 3.63) is 29.6 Å². The predicted molar refractivity (Wildman–Crippen MR) is 80.3 cm³/mol. The molecule has 1 aliphatic rings. The van der Waals surface area contributed by atoms with Crippen molar-refractivity contribution in [2.75, 3.05) is 6.54 Å². The van der Waals surface area contributed by atoms with Crippen molar-refractivity contribution in [3.8, 4) is 0 Å². The molecule has 0 bridgehead atoms. The Kier molecular flexibility index (Phi) is 5.20. The standard InChI is InChI=1S/C16H27N3/c1-4-14(3)19-11-9-16(18-19)12-13(2)6-5-10-17-15-7-8-15/h6,9,11,14-15,17H,4-5,7-8,10,12H2,1-3H3. The van der Waals surface area contributed by atoms with Crippen molar-refractivity contribution in [1.29, 1.82) is 0 Å². The number of hydrogen-bond acceptors (Lipinski definition) is 2. The average molecular weight is 261 g/mol. The second-order valence-corrected chi connectivity index (χ2v) is 5.79. The minimum Gasteiger partial charge on any atom is -0.314 e. The Labute approximate surface area is 117 Å². The normalized spacial score (nSPS) is 17.7. The van der Waals surface area contributed by atoms with E-state index in [1.807, 2.05) is 0 Å². The van der Waals surface area contributed by atoms with Crippen LogP contribution in [0.15, 0.2) is 23.9 Å². The summed E-state index contributed by atoms with van der Waals surface area (Å²) in [6.07, 6.45) is 10.4. The summed E-state index contributed by atoms with van der Waals surface area (Å²) < 4.78 is 2.08. The molecule has 1 heterocycles. The summed E-state index contributed by atoms with van der Waals surface area (Å²) in [5, 5.41) is 8.19. The van der Waals surface area contributed by atoms with Crippen molar-refractivity contribution in [2.45, 2.75) is 65.0 Å². The minimum atomic E-state index is 0.501. The van der Waals surface area contributed by atoms with Crippen LogP contribution >= 0.6 is 0 Å². The SMILES string of the molecule is CCC(C)n1ccc(CC(C)=CCCNC2CC2)n1. The van der Waals surface area contributed by atoms with Crippen LogP contribution in [0.5, 0.6) is 0 Å². The smallest absolute Gasteiger partial charge is 0.0664 e. The molecule has 106 valence electrons. The van der Waals surface area contributed by atoms with E-state index in [1.165, 1.54) is 24.1 Å². The first-order valence-electron chi connectivity index (χ1n) is 7.62. The quantitative estimate of drug-likeness (QED) is 0.573. The molecule has 1 saturated carbocycles. The van der Waals surface area contributed by atoms with Gasteiger partial charge in [-0.1, -0.05) is 18.6 Å². The van der Waals surface area contributed by atoms with E-state index in [0.717, 1.165) is 31.8 Å². The van der Waals surface area contributed by atoms with E-state index in [4.69, 9.17) is 0 Å². The maximum absolute atomic E-state index is 4.65. The van der Waals surface area contributed by atoms with Gasteiger partial charge in [-0.25, -0.2) is 0 Å². The van der Waals surface area contributed by atoms with Crippen LogP contribution in [0, 0.1) is 0 Å². The van der Waals surface area contributed by atoms with Gasteiger partial charge in [-0.05, 0) is 52.1 Å². The lowest BCUT2D eigenvalue weighted by molar-refractivity contribution is 0.474. The molecule has 1 aliphatic carbocycles. The Hall–Kier alpha value is -1.09. The Bertz CT molecular complexity index is 415. The van der Waals surface area contributed by atoms with Crippen molar-refractivity contribution in [1.82, 2.24) is 15.1 Å². The molecule has 3 nitrogen and oxygen atoms in total. The van der Waals surface area contributed by atoms with Crippen LogP contribution in [0.4, 0.5) is 0 Å². The minimum absolute atomic E-state index is 0.501. The third-order valence-corrected chi connectivity index (χ3v) is 3.81. The number of allylic oxidation sites excluding steroid dienone is 1. The number of aromatic nitrogens is 2. The van der Waals surface area contributed by atoms with Gasteiger partial charge in [-0.15, -0.1) is 0 Å². The lowest BCUT2D eigenvalue weighted by atomic mass is 10.1. The van der Waals surface area contributed by atoms with Gasteiger partial charge < -0.3 is 5.32 Å².